The van der Waals surface area contributed by atoms with Crippen LogP contribution in [0.4, 0.5) is 8.78 Å². The van der Waals surface area contributed by atoms with Crippen LogP contribution >= 0.6 is 0 Å². The van der Waals surface area contributed by atoms with E-state index in [1.54, 1.807) is 12.1 Å². The molecule has 0 fully saturated rings. The zero-order valence-electron chi connectivity index (χ0n) is 10.5. The highest BCUT2D eigenvalue weighted by molar-refractivity contribution is 5.87. The SMILES string of the molecule is Cc1ccc(-c2ccc3c(F)c(F)ccc3c2)cc1. The first-order valence-electron chi connectivity index (χ1n) is 6.10. The van der Waals surface area contributed by atoms with E-state index in [0.29, 0.717) is 10.8 Å². The molecule has 0 atom stereocenters. The summed E-state index contributed by atoms with van der Waals surface area (Å²) in [6.07, 6.45) is 0. The minimum absolute atomic E-state index is 0.316. The van der Waals surface area contributed by atoms with E-state index in [2.05, 4.69) is 0 Å². The summed E-state index contributed by atoms with van der Waals surface area (Å²) in [4.78, 5) is 0. The second-order valence-electron chi connectivity index (χ2n) is 4.66. The van der Waals surface area contributed by atoms with Crippen molar-refractivity contribution in [2.45, 2.75) is 6.92 Å². The molecule has 0 aliphatic heterocycles. The van der Waals surface area contributed by atoms with E-state index in [0.717, 1.165) is 17.2 Å². The van der Waals surface area contributed by atoms with Gasteiger partial charge in [-0.15, -0.1) is 0 Å². The lowest BCUT2D eigenvalue weighted by molar-refractivity contribution is 0.517. The van der Waals surface area contributed by atoms with Gasteiger partial charge in [-0.3, -0.25) is 0 Å². The first-order chi connectivity index (χ1) is 9.15. The Hall–Kier alpha value is -2.22. The summed E-state index contributed by atoms with van der Waals surface area (Å²) >= 11 is 0. The molecule has 3 aromatic rings. The standard InChI is InChI=1S/C17H12F2/c1-11-2-4-12(5-3-11)13-6-8-15-14(10-13)7-9-16(18)17(15)19/h2-10H,1H3. The molecule has 0 unspecified atom stereocenters. The number of hydrogen-bond donors (Lipinski definition) is 0. The van der Waals surface area contributed by atoms with E-state index >= 15 is 0 Å². The second-order valence-corrected chi connectivity index (χ2v) is 4.66. The summed E-state index contributed by atoms with van der Waals surface area (Å²) in [5.41, 5.74) is 3.26. The number of aryl methyl sites for hydroxylation is 1. The summed E-state index contributed by atoms with van der Waals surface area (Å²) in [6, 6.07) is 16.2. The molecule has 2 heteroatoms. The lowest BCUT2D eigenvalue weighted by Gasteiger charge is -2.06. The zero-order chi connectivity index (χ0) is 13.4. The van der Waals surface area contributed by atoms with E-state index in [1.165, 1.54) is 5.56 Å². The van der Waals surface area contributed by atoms with E-state index in [4.69, 9.17) is 0 Å². The molecule has 0 bridgehead atoms. The average Bonchev–Trinajstić information content (AvgIpc) is 2.43. The van der Waals surface area contributed by atoms with Crippen molar-refractivity contribution in [3.05, 3.63) is 71.8 Å². The van der Waals surface area contributed by atoms with Crippen LogP contribution in [0, 0.1) is 18.6 Å². The quantitative estimate of drug-likeness (QED) is 0.567. The monoisotopic (exact) mass is 254 g/mol. The van der Waals surface area contributed by atoms with Crippen molar-refractivity contribution in [1.82, 2.24) is 0 Å². The smallest absolute Gasteiger partial charge is 0.166 e. The maximum absolute atomic E-state index is 13.6. The van der Waals surface area contributed by atoms with Gasteiger partial charge in [-0.2, -0.15) is 0 Å². The molecule has 0 nitrogen and oxygen atoms in total. The number of rotatable bonds is 1. The number of fused-ring (bicyclic) bond motifs is 1. The number of halogens is 2. The lowest BCUT2D eigenvalue weighted by atomic mass is 10.0. The van der Waals surface area contributed by atoms with Gasteiger partial charge in [0.15, 0.2) is 11.6 Å². The topological polar surface area (TPSA) is 0 Å². The van der Waals surface area contributed by atoms with Crippen LogP contribution in [0.5, 0.6) is 0 Å². The molecule has 94 valence electrons. The van der Waals surface area contributed by atoms with E-state index in [1.807, 2.05) is 43.3 Å². The molecule has 0 radical (unpaired) electrons. The summed E-state index contributed by atoms with van der Waals surface area (Å²) < 4.78 is 26.8. The predicted molar refractivity (Wildman–Crippen MR) is 74.0 cm³/mol. The first kappa shape index (κ1) is 11.8. The molecule has 3 rings (SSSR count). The maximum atomic E-state index is 13.6. The molecule has 0 saturated heterocycles. The Bertz CT molecular complexity index is 743. The summed E-state index contributed by atoms with van der Waals surface area (Å²) in [7, 11) is 0. The van der Waals surface area contributed by atoms with Gasteiger partial charge in [-0.25, -0.2) is 8.78 Å². The van der Waals surface area contributed by atoms with E-state index in [-0.39, 0.29) is 0 Å². The van der Waals surface area contributed by atoms with Crippen LogP contribution < -0.4 is 0 Å². The van der Waals surface area contributed by atoms with Crippen molar-refractivity contribution >= 4 is 10.8 Å². The Labute approximate surface area is 110 Å². The van der Waals surface area contributed by atoms with Gasteiger partial charge in [0.25, 0.3) is 0 Å². The Balaban J connectivity index is 2.17. The summed E-state index contributed by atoms with van der Waals surface area (Å²) in [5.74, 6) is -1.59. The predicted octanol–water partition coefficient (Wildman–Crippen LogP) is 5.09. The van der Waals surface area contributed by atoms with E-state index in [9.17, 15) is 8.78 Å². The molecule has 0 amide bonds. The van der Waals surface area contributed by atoms with Crippen LogP contribution in [0.25, 0.3) is 21.9 Å². The average molecular weight is 254 g/mol. The number of benzene rings is 3. The highest BCUT2D eigenvalue weighted by Crippen LogP contribution is 2.27. The lowest BCUT2D eigenvalue weighted by Crippen LogP contribution is -1.87. The Morgan fingerprint density at radius 2 is 1.42 bits per heavy atom. The van der Waals surface area contributed by atoms with Gasteiger partial charge in [0.05, 0.1) is 0 Å². The van der Waals surface area contributed by atoms with Gasteiger partial charge < -0.3 is 0 Å². The normalized spacial score (nSPS) is 10.9. The highest BCUT2D eigenvalue weighted by Gasteiger charge is 2.07. The Kier molecular flexibility index (Phi) is 2.79. The largest absolute Gasteiger partial charge is 0.204 e. The van der Waals surface area contributed by atoms with Gasteiger partial charge in [0, 0.05) is 5.39 Å². The van der Waals surface area contributed by atoms with Gasteiger partial charge in [0.1, 0.15) is 0 Å². The summed E-state index contributed by atoms with van der Waals surface area (Å²) in [6.45, 7) is 2.03. The third-order valence-corrected chi connectivity index (χ3v) is 3.29. The molecular weight excluding hydrogens is 242 g/mol. The van der Waals surface area contributed by atoms with Gasteiger partial charge in [-0.05, 0) is 35.6 Å². The molecule has 19 heavy (non-hydrogen) atoms. The van der Waals surface area contributed by atoms with Crippen LogP contribution in [-0.4, -0.2) is 0 Å². The third-order valence-electron chi connectivity index (χ3n) is 3.29. The fourth-order valence-corrected chi connectivity index (χ4v) is 2.19. The minimum atomic E-state index is -0.810. The highest BCUT2D eigenvalue weighted by atomic mass is 19.2. The zero-order valence-corrected chi connectivity index (χ0v) is 10.5. The minimum Gasteiger partial charge on any atom is -0.204 e. The van der Waals surface area contributed by atoms with Crippen molar-refractivity contribution < 1.29 is 8.78 Å². The van der Waals surface area contributed by atoms with Gasteiger partial charge in [-0.1, -0.05) is 48.0 Å². The van der Waals surface area contributed by atoms with Crippen molar-refractivity contribution in [2.24, 2.45) is 0 Å². The summed E-state index contributed by atoms with van der Waals surface area (Å²) in [5, 5.41) is 1.02. The fraction of sp³-hybridized carbons (Fsp3) is 0.0588. The van der Waals surface area contributed by atoms with Crippen molar-refractivity contribution in [1.29, 1.82) is 0 Å². The Morgan fingerprint density at radius 3 is 2.16 bits per heavy atom. The van der Waals surface area contributed by atoms with Crippen LogP contribution in [0.2, 0.25) is 0 Å². The van der Waals surface area contributed by atoms with Crippen molar-refractivity contribution in [2.75, 3.05) is 0 Å². The first-order valence-corrected chi connectivity index (χ1v) is 6.10. The van der Waals surface area contributed by atoms with Crippen LogP contribution in [0.15, 0.2) is 54.6 Å². The molecule has 0 heterocycles. The molecule has 0 aliphatic rings. The van der Waals surface area contributed by atoms with Crippen LogP contribution in [0.1, 0.15) is 5.56 Å². The molecule has 3 aromatic carbocycles. The van der Waals surface area contributed by atoms with Crippen molar-refractivity contribution in [3.8, 4) is 11.1 Å². The number of hydrogen-bond acceptors (Lipinski definition) is 0. The molecule has 0 N–H and O–H groups in total. The van der Waals surface area contributed by atoms with Crippen LogP contribution in [0.3, 0.4) is 0 Å². The molecule has 0 aromatic heterocycles. The molecule has 0 spiro atoms. The Morgan fingerprint density at radius 1 is 0.737 bits per heavy atom. The third kappa shape index (κ3) is 2.10. The maximum Gasteiger partial charge on any atom is 0.166 e. The second kappa shape index (κ2) is 4.47. The van der Waals surface area contributed by atoms with Gasteiger partial charge >= 0.3 is 0 Å². The molecule has 0 saturated carbocycles. The van der Waals surface area contributed by atoms with Crippen LogP contribution in [-0.2, 0) is 0 Å². The fourth-order valence-electron chi connectivity index (χ4n) is 2.19. The molecular formula is C17H12F2. The molecule has 0 aliphatic carbocycles. The van der Waals surface area contributed by atoms with E-state index < -0.39 is 11.6 Å². The van der Waals surface area contributed by atoms with Gasteiger partial charge in [0.2, 0.25) is 0 Å². The van der Waals surface area contributed by atoms with Crippen molar-refractivity contribution in [3.63, 3.8) is 0 Å².